The SMILES string of the molecule is C=CCc1cc2c(nc1N(C)S(C)(=O)=O)OC(C(=O)NC)(c1ccc(F)cc1)C2. The molecule has 3 rings (SSSR count). The summed E-state index contributed by atoms with van der Waals surface area (Å²) in [6.45, 7) is 3.71. The van der Waals surface area contributed by atoms with E-state index in [1.807, 2.05) is 0 Å². The average molecular weight is 419 g/mol. The lowest BCUT2D eigenvalue weighted by Crippen LogP contribution is -2.46. The summed E-state index contributed by atoms with van der Waals surface area (Å²) in [5, 5.41) is 2.59. The highest BCUT2D eigenvalue weighted by atomic mass is 32.2. The van der Waals surface area contributed by atoms with E-state index in [9.17, 15) is 17.6 Å². The molecule has 0 aliphatic carbocycles. The first-order valence-corrected chi connectivity index (χ1v) is 10.7. The number of hydrogen-bond donors (Lipinski definition) is 1. The molecule has 1 amide bonds. The molecular weight excluding hydrogens is 397 g/mol. The maximum atomic E-state index is 13.4. The maximum absolute atomic E-state index is 13.4. The third-order valence-electron chi connectivity index (χ3n) is 4.89. The molecule has 0 radical (unpaired) electrons. The molecule has 0 bridgehead atoms. The van der Waals surface area contributed by atoms with E-state index in [0.29, 0.717) is 23.1 Å². The molecule has 1 atom stereocenters. The highest BCUT2D eigenvalue weighted by Gasteiger charge is 2.48. The number of hydrogen-bond acceptors (Lipinski definition) is 5. The van der Waals surface area contributed by atoms with Gasteiger partial charge in [-0.3, -0.25) is 9.10 Å². The van der Waals surface area contributed by atoms with E-state index >= 15 is 0 Å². The van der Waals surface area contributed by atoms with Crippen LogP contribution in [0.15, 0.2) is 43.0 Å². The predicted octanol–water partition coefficient (Wildman–Crippen LogP) is 1.92. The molecule has 0 saturated heterocycles. The first-order chi connectivity index (χ1) is 13.6. The summed E-state index contributed by atoms with van der Waals surface area (Å²) in [6, 6.07) is 7.27. The van der Waals surface area contributed by atoms with E-state index in [2.05, 4.69) is 16.9 Å². The molecule has 1 aromatic carbocycles. The van der Waals surface area contributed by atoms with Crippen molar-refractivity contribution >= 4 is 21.7 Å². The topological polar surface area (TPSA) is 88.6 Å². The van der Waals surface area contributed by atoms with E-state index in [4.69, 9.17) is 4.74 Å². The number of likely N-dealkylation sites (N-methyl/N-ethyl adjacent to an activating group) is 1. The molecule has 0 spiro atoms. The lowest BCUT2D eigenvalue weighted by atomic mass is 9.88. The minimum Gasteiger partial charge on any atom is -0.455 e. The second-order valence-corrected chi connectivity index (χ2v) is 8.86. The minimum absolute atomic E-state index is 0.163. The average Bonchev–Trinajstić information content (AvgIpc) is 3.05. The number of fused-ring (bicyclic) bond motifs is 1. The summed E-state index contributed by atoms with van der Waals surface area (Å²) in [7, 11) is -0.675. The fourth-order valence-electron chi connectivity index (χ4n) is 3.34. The number of allylic oxidation sites excluding steroid dienone is 1. The van der Waals surface area contributed by atoms with Crippen LogP contribution in [-0.4, -0.2) is 39.7 Å². The van der Waals surface area contributed by atoms with Gasteiger partial charge in [0.2, 0.25) is 21.5 Å². The Labute approximate surface area is 169 Å². The number of ether oxygens (including phenoxy) is 1. The number of nitrogens with zero attached hydrogens (tertiary/aromatic N) is 2. The van der Waals surface area contributed by atoms with Gasteiger partial charge >= 0.3 is 0 Å². The maximum Gasteiger partial charge on any atom is 0.269 e. The number of benzene rings is 1. The molecule has 7 nitrogen and oxygen atoms in total. The number of carbonyl (C=O) groups is 1. The summed E-state index contributed by atoms with van der Waals surface area (Å²) in [6.07, 6.45) is 3.28. The first-order valence-electron chi connectivity index (χ1n) is 8.87. The van der Waals surface area contributed by atoms with E-state index < -0.39 is 27.3 Å². The Morgan fingerprint density at radius 2 is 2.07 bits per heavy atom. The zero-order chi connectivity index (χ0) is 21.4. The van der Waals surface area contributed by atoms with Gasteiger partial charge in [0, 0.05) is 31.6 Å². The van der Waals surface area contributed by atoms with Crippen molar-refractivity contribution in [1.82, 2.24) is 10.3 Å². The summed E-state index contributed by atoms with van der Waals surface area (Å²) in [5.74, 6) is -0.473. The monoisotopic (exact) mass is 419 g/mol. The van der Waals surface area contributed by atoms with Gasteiger partial charge in [0.25, 0.3) is 5.91 Å². The molecule has 1 aliphatic rings. The molecular formula is C20H22FN3O4S. The van der Waals surface area contributed by atoms with Crippen LogP contribution in [0.3, 0.4) is 0 Å². The van der Waals surface area contributed by atoms with Crippen molar-refractivity contribution in [3.63, 3.8) is 0 Å². The van der Waals surface area contributed by atoms with Crippen LogP contribution in [0.4, 0.5) is 10.2 Å². The standard InChI is InChI=1S/C20H22FN3O4S/c1-5-6-13-11-14-12-20(19(25)22-2,15-7-9-16(21)10-8-15)28-18(14)23-17(13)24(3)29(4,26)27/h5,7-11H,1,6,12H2,2-4H3,(H,22,25). The van der Waals surface area contributed by atoms with Crippen molar-refractivity contribution in [2.45, 2.75) is 18.4 Å². The number of aromatic nitrogens is 1. The molecule has 0 fully saturated rings. The van der Waals surface area contributed by atoms with Crippen LogP contribution in [0.1, 0.15) is 16.7 Å². The van der Waals surface area contributed by atoms with Crippen molar-refractivity contribution in [2.75, 3.05) is 24.7 Å². The van der Waals surface area contributed by atoms with E-state index in [1.54, 1.807) is 12.1 Å². The lowest BCUT2D eigenvalue weighted by molar-refractivity contribution is -0.136. The zero-order valence-corrected chi connectivity index (χ0v) is 17.2. The molecule has 1 N–H and O–H groups in total. The Kier molecular flexibility index (Phi) is 5.36. The second kappa shape index (κ2) is 7.47. The summed E-state index contributed by atoms with van der Waals surface area (Å²) < 4.78 is 44.6. The number of amides is 1. The van der Waals surface area contributed by atoms with Crippen LogP contribution < -0.4 is 14.4 Å². The number of sulfonamides is 1. The smallest absolute Gasteiger partial charge is 0.269 e. The van der Waals surface area contributed by atoms with Crippen LogP contribution in [0.2, 0.25) is 0 Å². The Morgan fingerprint density at radius 3 is 2.62 bits per heavy atom. The van der Waals surface area contributed by atoms with Gasteiger partial charge in [0.15, 0.2) is 0 Å². The molecule has 9 heteroatoms. The van der Waals surface area contributed by atoms with Gasteiger partial charge in [-0.1, -0.05) is 18.2 Å². The van der Waals surface area contributed by atoms with Crippen molar-refractivity contribution in [3.05, 3.63) is 65.5 Å². The van der Waals surface area contributed by atoms with Crippen LogP contribution in [-0.2, 0) is 33.3 Å². The summed E-state index contributed by atoms with van der Waals surface area (Å²) in [5.41, 5.74) is 0.341. The molecule has 29 heavy (non-hydrogen) atoms. The Hall–Kier alpha value is -2.94. The number of anilines is 1. The summed E-state index contributed by atoms with van der Waals surface area (Å²) >= 11 is 0. The highest BCUT2D eigenvalue weighted by molar-refractivity contribution is 7.92. The second-order valence-electron chi connectivity index (χ2n) is 6.85. The minimum atomic E-state index is -3.56. The molecule has 2 aromatic rings. The van der Waals surface area contributed by atoms with Crippen LogP contribution in [0.25, 0.3) is 0 Å². The number of halogens is 1. The number of carbonyl (C=O) groups excluding carboxylic acids is 1. The fraction of sp³-hybridized carbons (Fsp3) is 0.300. The molecule has 1 aromatic heterocycles. The van der Waals surface area contributed by atoms with E-state index in [-0.39, 0.29) is 18.1 Å². The van der Waals surface area contributed by atoms with Crippen molar-refractivity contribution < 1.29 is 22.3 Å². The van der Waals surface area contributed by atoms with E-state index in [0.717, 1.165) is 10.6 Å². The van der Waals surface area contributed by atoms with Gasteiger partial charge in [0.05, 0.1) is 6.26 Å². The Balaban J connectivity index is 2.15. The van der Waals surface area contributed by atoms with Crippen LogP contribution in [0, 0.1) is 5.82 Å². The molecule has 0 saturated carbocycles. The van der Waals surface area contributed by atoms with Crippen molar-refractivity contribution in [3.8, 4) is 5.88 Å². The van der Waals surface area contributed by atoms with Crippen LogP contribution in [0.5, 0.6) is 5.88 Å². The quantitative estimate of drug-likeness (QED) is 0.723. The molecule has 1 aliphatic heterocycles. The summed E-state index contributed by atoms with van der Waals surface area (Å²) in [4.78, 5) is 17.2. The normalized spacial score (nSPS) is 17.9. The number of rotatable bonds is 6. The fourth-order valence-corrected chi connectivity index (χ4v) is 3.81. The predicted molar refractivity (Wildman–Crippen MR) is 108 cm³/mol. The molecule has 2 heterocycles. The van der Waals surface area contributed by atoms with Crippen molar-refractivity contribution in [1.29, 1.82) is 0 Å². The van der Waals surface area contributed by atoms with Crippen LogP contribution >= 0.6 is 0 Å². The molecule has 154 valence electrons. The third kappa shape index (κ3) is 3.69. The van der Waals surface area contributed by atoms with Gasteiger partial charge < -0.3 is 10.1 Å². The largest absolute Gasteiger partial charge is 0.455 e. The molecule has 1 unspecified atom stereocenters. The van der Waals surface area contributed by atoms with Gasteiger partial charge in [-0.05, 0) is 30.2 Å². The highest BCUT2D eigenvalue weighted by Crippen LogP contribution is 2.43. The number of pyridine rings is 1. The third-order valence-corrected chi connectivity index (χ3v) is 6.06. The van der Waals surface area contributed by atoms with Gasteiger partial charge in [-0.2, -0.15) is 4.98 Å². The zero-order valence-electron chi connectivity index (χ0n) is 16.4. The van der Waals surface area contributed by atoms with Gasteiger partial charge in [-0.15, -0.1) is 6.58 Å². The first kappa shape index (κ1) is 20.8. The Morgan fingerprint density at radius 1 is 1.41 bits per heavy atom. The van der Waals surface area contributed by atoms with E-state index in [1.165, 1.54) is 38.4 Å². The van der Waals surface area contributed by atoms with Gasteiger partial charge in [0.1, 0.15) is 11.6 Å². The Bertz CT molecular complexity index is 1070. The van der Waals surface area contributed by atoms with Crippen molar-refractivity contribution in [2.24, 2.45) is 0 Å². The number of nitrogens with one attached hydrogen (secondary N) is 1. The lowest BCUT2D eigenvalue weighted by Gasteiger charge is -2.27. The van der Waals surface area contributed by atoms with Gasteiger partial charge in [-0.25, -0.2) is 12.8 Å².